The smallest absolute Gasteiger partial charge is 0.341 e. The third-order valence-electron chi connectivity index (χ3n) is 9.71. The average Bonchev–Trinajstić information content (AvgIpc) is 3.81. The summed E-state index contributed by atoms with van der Waals surface area (Å²) in [6, 6.07) is 18.7. The molecule has 2 aliphatic heterocycles. The lowest BCUT2D eigenvalue weighted by atomic mass is 10.0. The first kappa shape index (κ1) is 39.3. The fourth-order valence-corrected chi connectivity index (χ4v) is 6.92. The summed E-state index contributed by atoms with van der Waals surface area (Å²) < 4.78 is 16.8. The van der Waals surface area contributed by atoms with Gasteiger partial charge >= 0.3 is 11.9 Å². The Morgan fingerprint density at radius 2 is 1.79 bits per heavy atom. The SMILES string of the molecule is C=C/C=C(C=C)/C(C)=C/C.O=C(OC1CC(O)CC(C(=O)O)O1)c1cc(-c2cccc(COc3ccc4c(c3)CN(C3CCCC3)C4=O)c2)ccc1Cl. The third-order valence-corrected chi connectivity index (χ3v) is 10.0. The summed E-state index contributed by atoms with van der Waals surface area (Å²) in [7, 11) is 0. The minimum absolute atomic E-state index is 0.0336. The fourth-order valence-electron chi connectivity index (χ4n) is 6.72. The molecule has 10 heteroatoms. The molecule has 2 N–H and O–H groups in total. The molecule has 3 aromatic carbocycles. The number of ether oxygens (including phenoxy) is 3. The van der Waals surface area contributed by atoms with Gasteiger partial charge in [0.05, 0.1) is 16.7 Å². The number of carboxylic acid groups (broad SMARTS) is 1. The Hall–Kier alpha value is -4.96. The lowest BCUT2D eigenvalue weighted by Gasteiger charge is -2.30. The van der Waals surface area contributed by atoms with E-state index in [-0.39, 0.29) is 29.3 Å². The van der Waals surface area contributed by atoms with Gasteiger partial charge in [0.15, 0.2) is 6.10 Å². The van der Waals surface area contributed by atoms with Gasteiger partial charge in [0.2, 0.25) is 6.29 Å². The van der Waals surface area contributed by atoms with Crippen LogP contribution in [0.3, 0.4) is 0 Å². The minimum Gasteiger partial charge on any atom is -0.489 e. The number of hydrogen-bond acceptors (Lipinski definition) is 7. The van der Waals surface area contributed by atoms with Gasteiger partial charge in [-0.25, -0.2) is 9.59 Å². The Morgan fingerprint density at radius 3 is 2.49 bits per heavy atom. The Balaban J connectivity index is 0.000000476. The monoisotopic (exact) mass is 739 g/mol. The predicted octanol–water partition coefficient (Wildman–Crippen LogP) is 8.84. The molecular formula is C43H46ClNO8. The van der Waals surface area contributed by atoms with Crippen LogP contribution in [0.15, 0.2) is 109 Å². The second-order valence-electron chi connectivity index (χ2n) is 13.3. The molecule has 3 aliphatic rings. The van der Waals surface area contributed by atoms with Gasteiger partial charge in [-0.15, -0.1) is 0 Å². The number of carbonyl (C=O) groups is 3. The molecule has 1 aliphatic carbocycles. The van der Waals surface area contributed by atoms with Gasteiger partial charge in [-0.3, -0.25) is 4.79 Å². The highest BCUT2D eigenvalue weighted by Gasteiger charge is 2.36. The fraction of sp³-hybridized carbons (Fsp3) is 0.326. The summed E-state index contributed by atoms with van der Waals surface area (Å²) in [5, 5.41) is 19.4. The molecular weight excluding hydrogens is 694 g/mol. The number of carboxylic acids is 1. The van der Waals surface area contributed by atoms with Crippen LogP contribution in [0, 0.1) is 0 Å². The first-order chi connectivity index (χ1) is 25.5. The zero-order chi connectivity index (χ0) is 38.1. The van der Waals surface area contributed by atoms with Crippen LogP contribution in [0.5, 0.6) is 5.75 Å². The van der Waals surface area contributed by atoms with Gasteiger partial charge in [0, 0.05) is 31.0 Å². The second-order valence-corrected chi connectivity index (χ2v) is 13.7. The Bertz CT molecular complexity index is 1910. The highest BCUT2D eigenvalue weighted by Crippen LogP contribution is 2.34. The Labute approximate surface area is 315 Å². The average molecular weight is 740 g/mol. The van der Waals surface area contributed by atoms with Gasteiger partial charge in [0.25, 0.3) is 5.91 Å². The Morgan fingerprint density at radius 1 is 1.04 bits per heavy atom. The van der Waals surface area contributed by atoms with E-state index in [1.807, 2.05) is 66.4 Å². The first-order valence-corrected chi connectivity index (χ1v) is 18.2. The van der Waals surface area contributed by atoms with Crippen molar-refractivity contribution in [2.75, 3.05) is 0 Å². The van der Waals surface area contributed by atoms with E-state index in [0.717, 1.165) is 40.7 Å². The standard InChI is InChI=1S/C33H32ClNO8.C10H14/c34-28-11-8-21(14-27(28)33(40)43-30-16-24(36)15-29(42-30)32(38)39)20-5-3-4-19(12-20)18-41-25-9-10-26-22(13-25)17-35(31(26)37)23-6-1-2-7-23;1-5-8-10(7-3)9(4)6-2/h3-5,8-14,23-24,29-30,36H,1-2,6-7,15-18H2,(H,38,39);5-8H,1,3H2,2,4H3/b;9-6+,10-8+. The number of aliphatic hydroxyl groups excluding tert-OH is 1. The van der Waals surface area contributed by atoms with E-state index in [9.17, 15) is 24.6 Å². The number of benzene rings is 3. The van der Waals surface area contributed by atoms with E-state index in [2.05, 4.69) is 26.2 Å². The van der Waals surface area contributed by atoms with Crippen molar-refractivity contribution in [3.63, 3.8) is 0 Å². The topological polar surface area (TPSA) is 123 Å². The second kappa shape index (κ2) is 18.2. The molecule has 9 nitrogen and oxygen atoms in total. The molecule has 2 fully saturated rings. The highest BCUT2D eigenvalue weighted by atomic mass is 35.5. The van der Waals surface area contributed by atoms with Crippen LogP contribution >= 0.6 is 11.6 Å². The maximum absolute atomic E-state index is 13.0. The number of aliphatic carboxylic acids is 1. The zero-order valence-electron chi connectivity index (χ0n) is 30.1. The molecule has 1 saturated carbocycles. The van der Waals surface area contributed by atoms with E-state index < -0.39 is 30.4 Å². The molecule has 1 amide bonds. The van der Waals surface area contributed by atoms with E-state index >= 15 is 0 Å². The summed E-state index contributed by atoms with van der Waals surface area (Å²) in [5.41, 5.74) is 6.66. The summed E-state index contributed by atoms with van der Waals surface area (Å²) in [5.74, 6) is -1.21. The molecule has 6 rings (SSSR count). The minimum atomic E-state index is -1.26. The van der Waals surface area contributed by atoms with Gasteiger partial charge in [-0.2, -0.15) is 0 Å². The summed E-state index contributed by atoms with van der Waals surface area (Å²) in [4.78, 5) is 39.2. The molecule has 0 bridgehead atoms. The van der Waals surface area contributed by atoms with E-state index in [1.54, 1.807) is 24.3 Å². The Kier molecular flexibility index (Phi) is 13.5. The van der Waals surface area contributed by atoms with Crippen molar-refractivity contribution in [2.45, 2.75) is 90.1 Å². The predicted molar refractivity (Wildman–Crippen MR) is 205 cm³/mol. The van der Waals surface area contributed by atoms with E-state index in [0.29, 0.717) is 30.5 Å². The normalized spacial score (nSPS) is 20.3. The number of nitrogens with zero attached hydrogens (tertiary/aromatic N) is 1. The van der Waals surface area contributed by atoms with Gasteiger partial charge in [-0.1, -0.05) is 86.2 Å². The van der Waals surface area contributed by atoms with Crippen molar-refractivity contribution >= 4 is 29.4 Å². The number of halogens is 1. The van der Waals surface area contributed by atoms with Crippen LogP contribution in [0.2, 0.25) is 5.02 Å². The van der Waals surface area contributed by atoms with Crippen LogP contribution in [0.25, 0.3) is 11.1 Å². The number of carbonyl (C=O) groups excluding carboxylic acids is 2. The molecule has 278 valence electrons. The van der Waals surface area contributed by atoms with Crippen LogP contribution in [0.1, 0.15) is 84.2 Å². The number of fused-ring (bicyclic) bond motifs is 1. The zero-order valence-corrected chi connectivity index (χ0v) is 30.9. The van der Waals surface area contributed by atoms with Crippen molar-refractivity contribution in [3.05, 3.63) is 137 Å². The van der Waals surface area contributed by atoms with Crippen molar-refractivity contribution in [2.24, 2.45) is 0 Å². The maximum Gasteiger partial charge on any atom is 0.341 e. The van der Waals surface area contributed by atoms with Crippen molar-refractivity contribution in [3.8, 4) is 16.9 Å². The first-order valence-electron chi connectivity index (χ1n) is 17.8. The van der Waals surface area contributed by atoms with Crippen LogP contribution in [-0.2, 0) is 27.4 Å². The number of amides is 1. The van der Waals surface area contributed by atoms with Crippen LogP contribution in [-0.4, -0.2) is 57.5 Å². The molecule has 3 atom stereocenters. The van der Waals surface area contributed by atoms with E-state index in [4.69, 9.17) is 25.8 Å². The summed E-state index contributed by atoms with van der Waals surface area (Å²) in [6.07, 6.45) is 8.54. The van der Waals surface area contributed by atoms with Crippen molar-refractivity contribution in [1.82, 2.24) is 4.90 Å². The lowest BCUT2D eigenvalue weighted by molar-refractivity contribution is -0.204. The molecule has 0 spiro atoms. The molecule has 3 unspecified atom stereocenters. The van der Waals surface area contributed by atoms with Crippen molar-refractivity contribution < 1.29 is 38.8 Å². The molecule has 0 radical (unpaired) electrons. The number of hydrogen-bond donors (Lipinski definition) is 2. The highest BCUT2D eigenvalue weighted by molar-refractivity contribution is 6.33. The quantitative estimate of drug-likeness (QED) is 0.148. The van der Waals surface area contributed by atoms with Crippen LogP contribution in [0.4, 0.5) is 0 Å². The largest absolute Gasteiger partial charge is 0.489 e. The van der Waals surface area contributed by atoms with E-state index in [1.165, 1.54) is 18.4 Å². The number of rotatable bonds is 11. The number of allylic oxidation sites excluding steroid dienone is 6. The van der Waals surface area contributed by atoms with Crippen LogP contribution < -0.4 is 4.74 Å². The number of esters is 1. The molecule has 2 heterocycles. The van der Waals surface area contributed by atoms with Gasteiger partial charge in [-0.05, 0) is 96.5 Å². The van der Waals surface area contributed by atoms with Gasteiger partial charge < -0.3 is 29.3 Å². The lowest BCUT2D eigenvalue weighted by Crippen LogP contribution is -2.42. The summed E-state index contributed by atoms with van der Waals surface area (Å²) in [6.45, 7) is 12.3. The van der Waals surface area contributed by atoms with Gasteiger partial charge in [0.1, 0.15) is 12.4 Å². The van der Waals surface area contributed by atoms with Crippen molar-refractivity contribution in [1.29, 1.82) is 0 Å². The molecule has 0 aromatic heterocycles. The summed E-state index contributed by atoms with van der Waals surface area (Å²) >= 11 is 6.32. The molecule has 3 aromatic rings. The maximum atomic E-state index is 13.0. The molecule has 53 heavy (non-hydrogen) atoms. The third kappa shape index (κ3) is 9.93. The molecule has 1 saturated heterocycles. The number of aliphatic hydroxyl groups is 1.